The van der Waals surface area contributed by atoms with Gasteiger partial charge < -0.3 is 10.1 Å². The normalized spacial score (nSPS) is 11.4. The number of ether oxygens (including phenoxy) is 1. The van der Waals surface area contributed by atoms with Crippen molar-refractivity contribution >= 4 is 33.2 Å². The molecule has 4 rings (SSSR count). The number of rotatable bonds is 9. The zero-order chi connectivity index (χ0) is 26.4. The molecule has 1 amide bonds. The van der Waals surface area contributed by atoms with Crippen LogP contribution in [0.1, 0.15) is 16.7 Å². The van der Waals surface area contributed by atoms with E-state index in [0.717, 1.165) is 16.7 Å². The molecular formula is C29H27ClN2O4S. The van der Waals surface area contributed by atoms with E-state index in [0.29, 0.717) is 22.2 Å². The molecule has 0 fully saturated rings. The summed E-state index contributed by atoms with van der Waals surface area (Å²) in [6.45, 7) is 3.47. The summed E-state index contributed by atoms with van der Waals surface area (Å²) in [5.74, 6) is 0.446. The highest BCUT2D eigenvalue weighted by molar-refractivity contribution is 7.89. The third-order valence-corrected chi connectivity index (χ3v) is 7.69. The molecular weight excluding hydrogens is 508 g/mol. The minimum atomic E-state index is -3.97. The predicted molar refractivity (Wildman–Crippen MR) is 147 cm³/mol. The van der Waals surface area contributed by atoms with Crippen LogP contribution in [0.3, 0.4) is 0 Å². The SMILES string of the molecule is Cc1ccc(CN(CC(=O)Nc2cc(Cl)ccc2Oc2ccccc2)S(=O)(=O)c2ccc(C)cc2)cc1. The molecule has 0 aliphatic rings. The lowest BCUT2D eigenvalue weighted by atomic mass is 10.1. The fraction of sp³-hybridized carbons (Fsp3) is 0.138. The third kappa shape index (κ3) is 6.98. The highest BCUT2D eigenvalue weighted by Crippen LogP contribution is 2.32. The van der Waals surface area contributed by atoms with Gasteiger partial charge in [0.05, 0.1) is 17.1 Å². The molecule has 6 nitrogen and oxygen atoms in total. The fourth-order valence-electron chi connectivity index (χ4n) is 3.64. The largest absolute Gasteiger partial charge is 0.455 e. The maximum atomic E-state index is 13.6. The Labute approximate surface area is 222 Å². The third-order valence-electron chi connectivity index (χ3n) is 5.64. The van der Waals surface area contributed by atoms with Crippen molar-refractivity contribution in [1.82, 2.24) is 4.31 Å². The molecule has 4 aromatic carbocycles. The standard InChI is InChI=1S/C29H27ClN2O4S/c1-21-8-12-23(13-9-21)19-32(37(34,35)26-15-10-22(2)11-16-26)20-29(33)31-27-18-24(30)14-17-28(27)36-25-6-4-3-5-7-25/h3-18H,19-20H2,1-2H3,(H,31,33). The lowest BCUT2D eigenvalue weighted by molar-refractivity contribution is -0.116. The number of carbonyl (C=O) groups excluding carboxylic acids is 1. The van der Waals surface area contributed by atoms with Gasteiger partial charge in [-0.15, -0.1) is 0 Å². The number of nitrogens with zero attached hydrogens (tertiary/aromatic N) is 1. The molecule has 190 valence electrons. The van der Waals surface area contributed by atoms with E-state index >= 15 is 0 Å². The van der Waals surface area contributed by atoms with Crippen molar-refractivity contribution in [3.63, 3.8) is 0 Å². The van der Waals surface area contributed by atoms with Crippen molar-refractivity contribution in [2.75, 3.05) is 11.9 Å². The second kappa shape index (κ2) is 11.6. The van der Waals surface area contributed by atoms with E-state index in [1.54, 1.807) is 54.6 Å². The van der Waals surface area contributed by atoms with Crippen LogP contribution in [0, 0.1) is 13.8 Å². The zero-order valence-corrected chi connectivity index (χ0v) is 22.1. The Balaban J connectivity index is 1.60. The van der Waals surface area contributed by atoms with Crippen molar-refractivity contribution in [2.24, 2.45) is 0 Å². The second-order valence-electron chi connectivity index (χ2n) is 8.68. The van der Waals surface area contributed by atoms with Crippen LogP contribution in [-0.2, 0) is 21.4 Å². The van der Waals surface area contributed by atoms with Gasteiger partial charge in [0.25, 0.3) is 0 Å². The first kappa shape index (κ1) is 26.4. The topological polar surface area (TPSA) is 75.7 Å². The maximum Gasteiger partial charge on any atom is 0.243 e. The maximum absolute atomic E-state index is 13.6. The quantitative estimate of drug-likeness (QED) is 0.263. The number of aryl methyl sites for hydroxylation is 2. The van der Waals surface area contributed by atoms with Crippen LogP contribution in [0.25, 0.3) is 0 Å². The molecule has 37 heavy (non-hydrogen) atoms. The van der Waals surface area contributed by atoms with Crippen molar-refractivity contribution < 1.29 is 17.9 Å². The van der Waals surface area contributed by atoms with Crippen LogP contribution in [0.4, 0.5) is 5.69 Å². The lowest BCUT2D eigenvalue weighted by Crippen LogP contribution is -2.37. The molecule has 0 radical (unpaired) electrons. The number of amides is 1. The second-order valence-corrected chi connectivity index (χ2v) is 11.0. The fourth-order valence-corrected chi connectivity index (χ4v) is 5.19. The molecule has 8 heteroatoms. The van der Waals surface area contributed by atoms with E-state index < -0.39 is 22.5 Å². The lowest BCUT2D eigenvalue weighted by Gasteiger charge is -2.22. The van der Waals surface area contributed by atoms with Gasteiger partial charge in [0.2, 0.25) is 15.9 Å². The first-order valence-corrected chi connectivity index (χ1v) is 13.5. The summed E-state index contributed by atoms with van der Waals surface area (Å²) in [5.41, 5.74) is 3.10. The number of hydrogen-bond acceptors (Lipinski definition) is 4. The van der Waals surface area contributed by atoms with Crippen molar-refractivity contribution in [1.29, 1.82) is 0 Å². The summed E-state index contributed by atoms with van der Waals surface area (Å²) in [5, 5.41) is 3.18. The monoisotopic (exact) mass is 534 g/mol. The summed E-state index contributed by atoms with van der Waals surface area (Å²) >= 11 is 6.18. The van der Waals surface area contributed by atoms with Crippen LogP contribution >= 0.6 is 11.6 Å². The van der Waals surface area contributed by atoms with Gasteiger partial charge in [-0.25, -0.2) is 8.42 Å². The molecule has 0 aliphatic carbocycles. The highest BCUT2D eigenvalue weighted by atomic mass is 35.5. The number of halogens is 1. The minimum Gasteiger partial charge on any atom is -0.455 e. The number of benzene rings is 4. The minimum absolute atomic E-state index is 0.0346. The van der Waals surface area contributed by atoms with E-state index in [2.05, 4.69) is 5.32 Å². The van der Waals surface area contributed by atoms with E-state index in [1.807, 2.05) is 56.3 Å². The van der Waals surface area contributed by atoms with Crippen LogP contribution in [0.2, 0.25) is 5.02 Å². The Morgan fingerprint density at radius 3 is 2.14 bits per heavy atom. The molecule has 0 atom stereocenters. The van der Waals surface area contributed by atoms with E-state index in [1.165, 1.54) is 4.31 Å². The van der Waals surface area contributed by atoms with Gasteiger partial charge in [0, 0.05) is 11.6 Å². The highest BCUT2D eigenvalue weighted by Gasteiger charge is 2.27. The molecule has 0 aromatic heterocycles. The predicted octanol–water partition coefficient (Wildman–Crippen LogP) is 6.58. The zero-order valence-electron chi connectivity index (χ0n) is 20.5. The Bertz CT molecular complexity index is 1470. The molecule has 0 unspecified atom stereocenters. The molecule has 0 bridgehead atoms. The van der Waals surface area contributed by atoms with Crippen LogP contribution < -0.4 is 10.1 Å². The number of sulfonamides is 1. The van der Waals surface area contributed by atoms with Gasteiger partial charge in [-0.3, -0.25) is 4.79 Å². The van der Waals surface area contributed by atoms with E-state index in [-0.39, 0.29) is 11.4 Å². The Morgan fingerprint density at radius 2 is 1.49 bits per heavy atom. The average Bonchev–Trinajstić information content (AvgIpc) is 2.87. The number of nitrogens with one attached hydrogen (secondary N) is 1. The molecule has 4 aromatic rings. The van der Waals surface area contributed by atoms with Gasteiger partial charge in [0.15, 0.2) is 5.75 Å². The van der Waals surface area contributed by atoms with Crippen LogP contribution in [0.15, 0.2) is 102 Å². The number of carbonyl (C=O) groups is 1. The molecule has 0 heterocycles. The van der Waals surface area contributed by atoms with Gasteiger partial charge >= 0.3 is 0 Å². The number of anilines is 1. The van der Waals surface area contributed by atoms with Gasteiger partial charge in [-0.05, 0) is 61.9 Å². The molecule has 1 N–H and O–H groups in total. The first-order chi connectivity index (χ1) is 17.7. The summed E-state index contributed by atoms with van der Waals surface area (Å²) in [7, 11) is -3.97. The summed E-state index contributed by atoms with van der Waals surface area (Å²) in [6.07, 6.45) is 0. The molecule has 0 aliphatic heterocycles. The van der Waals surface area contributed by atoms with Gasteiger partial charge in [0.1, 0.15) is 5.75 Å². The summed E-state index contributed by atoms with van der Waals surface area (Å²) in [4.78, 5) is 13.3. The molecule has 0 saturated carbocycles. The molecule has 0 saturated heterocycles. The van der Waals surface area contributed by atoms with Crippen molar-refractivity contribution in [2.45, 2.75) is 25.3 Å². The average molecular weight is 535 g/mol. The van der Waals surface area contributed by atoms with Gasteiger partial charge in [-0.2, -0.15) is 4.31 Å². The Morgan fingerprint density at radius 1 is 0.865 bits per heavy atom. The molecule has 0 spiro atoms. The number of para-hydroxylation sites is 1. The van der Waals surface area contributed by atoms with Crippen molar-refractivity contribution in [3.05, 3.63) is 119 Å². The van der Waals surface area contributed by atoms with Crippen molar-refractivity contribution in [3.8, 4) is 11.5 Å². The smallest absolute Gasteiger partial charge is 0.243 e. The number of hydrogen-bond donors (Lipinski definition) is 1. The van der Waals surface area contributed by atoms with E-state index in [9.17, 15) is 13.2 Å². The van der Waals surface area contributed by atoms with Crippen LogP contribution in [0.5, 0.6) is 11.5 Å². The Kier molecular flexibility index (Phi) is 8.28. The van der Waals surface area contributed by atoms with Crippen LogP contribution in [-0.4, -0.2) is 25.2 Å². The Hall–Kier alpha value is -3.65. The van der Waals surface area contributed by atoms with Gasteiger partial charge in [-0.1, -0.05) is 77.3 Å². The summed E-state index contributed by atoms with van der Waals surface area (Å²) < 4.78 is 34.2. The van der Waals surface area contributed by atoms with E-state index in [4.69, 9.17) is 16.3 Å². The first-order valence-electron chi connectivity index (χ1n) is 11.7. The summed E-state index contributed by atoms with van der Waals surface area (Å²) in [6, 6.07) is 28.1.